The highest BCUT2D eigenvalue weighted by Gasteiger charge is 2.35. The molecule has 1 aromatic carbocycles. The van der Waals surface area contributed by atoms with Crippen molar-refractivity contribution in [3.05, 3.63) is 33.8 Å². The Kier molecular flexibility index (Phi) is 5.24. The first-order valence-corrected chi connectivity index (χ1v) is 7.01. The van der Waals surface area contributed by atoms with Crippen LogP contribution >= 0.6 is 15.9 Å². The third-order valence-corrected chi connectivity index (χ3v) is 3.71. The van der Waals surface area contributed by atoms with Crippen molar-refractivity contribution >= 4 is 21.8 Å². The van der Waals surface area contributed by atoms with Gasteiger partial charge in [-0.15, -0.1) is 0 Å². The summed E-state index contributed by atoms with van der Waals surface area (Å²) < 4.78 is 39.1. The summed E-state index contributed by atoms with van der Waals surface area (Å²) in [5.74, 6) is -0.702. The molecule has 6 heteroatoms. The number of halogens is 4. The molecule has 0 aliphatic heterocycles. The minimum atomic E-state index is -4.56. The number of carbonyl (C=O) groups is 1. The predicted molar refractivity (Wildman–Crippen MR) is 75.5 cm³/mol. The van der Waals surface area contributed by atoms with Gasteiger partial charge in [-0.3, -0.25) is 4.79 Å². The summed E-state index contributed by atoms with van der Waals surface area (Å²) in [7, 11) is 0. The number of carbonyl (C=O) groups excluding carboxylic acids is 1. The van der Waals surface area contributed by atoms with E-state index >= 15 is 0 Å². The first-order chi connectivity index (χ1) is 9.07. The number of hydrogen-bond donors (Lipinski definition) is 1. The van der Waals surface area contributed by atoms with Gasteiger partial charge in [-0.1, -0.05) is 36.7 Å². The van der Waals surface area contributed by atoms with Crippen molar-refractivity contribution in [2.75, 3.05) is 6.54 Å². The average Bonchev–Trinajstić information content (AvgIpc) is 2.35. The predicted octanol–water partition coefficient (Wildman–Crippen LogP) is 4.63. The first kappa shape index (κ1) is 17.0. The Morgan fingerprint density at radius 2 is 1.90 bits per heavy atom. The molecule has 0 fully saturated rings. The Hall–Kier alpha value is -1.04. The van der Waals surface area contributed by atoms with Crippen LogP contribution in [-0.4, -0.2) is 12.5 Å². The minimum Gasteiger partial charge on any atom is -0.351 e. The van der Waals surface area contributed by atoms with Gasteiger partial charge in [-0.05, 0) is 30.0 Å². The smallest absolute Gasteiger partial charge is 0.351 e. The Balaban J connectivity index is 2.99. The van der Waals surface area contributed by atoms with Crippen molar-refractivity contribution in [1.82, 2.24) is 5.32 Å². The van der Waals surface area contributed by atoms with Crippen LogP contribution in [-0.2, 0) is 6.18 Å². The Labute approximate surface area is 124 Å². The Morgan fingerprint density at radius 3 is 2.40 bits per heavy atom. The lowest BCUT2D eigenvalue weighted by Gasteiger charge is -2.23. The van der Waals surface area contributed by atoms with Crippen molar-refractivity contribution in [3.63, 3.8) is 0 Å². The van der Waals surface area contributed by atoms with Crippen molar-refractivity contribution in [3.8, 4) is 0 Å². The van der Waals surface area contributed by atoms with Gasteiger partial charge in [-0.25, -0.2) is 0 Å². The van der Waals surface area contributed by atoms with E-state index < -0.39 is 17.6 Å². The lowest BCUT2D eigenvalue weighted by Crippen LogP contribution is -2.34. The van der Waals surface area contributed by atoms with Crippen LogP contribution in [0.4, 0.5) is 13.2 Å². The quantitative estimate of drug-likeness (QED) is 0.841. The van der Waals surface area contributed by atoms with Crippen molar-refractivity contribution in [2.45, 2.75) is 33.4 Å². The molecule has 0 heterocycles. The van der Waals surface area contributed by atoms with E-state index in [4.69, 9.17) is 0 Å². The highest BCUT2D eigenvalue weighted by Crippen LogP contribution is 2.34. The van der Waals surface area contributed by atoms with Crippen LogP contribution in [0.15, 0.2) is 22.7 Å². The van der Waals surface area contributed by atoms with E-state index in [2.05, 4.69) is 21.2 Å². The van der Waals surface area contributed by atoms with Crippen molar-refractivity contribution in [2.24, 2.45) is 5.41 Å². The topological polar surface area (TPSA) is 29.1 Å². The lowest BCUT2D eigenvalue weighted by molar-refractivity contribution is -0.138. The van der Waals surface area contributed by atoms with Crippen LogP contribution in [0.1, 0.15) is 43.1 Å². The van der Waals surface area contributed by atoms with Gasteiger partial charge in [0.1, 0.15) is 0 Å². The normalized spacial score (nSPS) is 12.3. The second-order valence-corrected chi connectivity index (χ2v) is 6.30. The van der Waals surface area contributed by atoms with Crippen molar-refractivity contribution in [1.29, 1.82) is 0 Å². The van der Waals surface area contributed by atoms with Crippen LogP contribution in [0, 0.1) is 5.41 Å². The molecule has 1 rings (SSSR count). The number of rotatable bonds is 4. The standard InChI is InChI=1S/C14H17BrF3NO/c1-4-13(2,3)8-19-12(20)10-6-5-9(15)7-11(10)14(16,17)18/h5-7H,4,8H2,1-3H3,(H,19,20). The second kappa shape index (κ2) is 6.16. The first-order valence-electron chi connectivity index (χ1n) is 6.22. The molecule has 0 saturated heterocycles. The van der Waals surface area contributed by atoms with E-state index in [0.29, 0.717) is 6.54 Å². The van der Waals surface area contributed by atoms with E-state index in [9.17, 15) is 18.0 Å². The average molecular weight is 352 g/mol. The molecule has 0 aliphatic carbocycles. The summed E-state index contributed by atoms with van der Waals surface area (Å²) >= 11 is 2.99. The molecule has 1 aromatic rings. The highest BCUT2D eigenvalue weighted by molar-refractivity contribution is 9.10. The van der Waals surface area contributed by atoms with Gasteiger partial charge in [0.15, 0.2) is 0 Å². The van der Waals surface area contributed by atoms with Gasteiger partial charge in [0.25, 0.3) is 5.91 Å². The fraction of sp³-hybridized carbons (Fsp3) is 0.500. The van der Waals surface area contributed by atoms with Crippen LogP contribution in [0.2, 0.25) is 0 Å². The molecule has 0 atom stereocenters. The molecule has 1 amide bonds. The zero-order valence-electron chi connectivity index (χ0n) is 11.6. The fourth-order valence-electron chi connectivity index (χ4n) is 1.49. The van der Waals surface area contributed by atoms with Gasteiger partial charge in [0.05, 0.1) is 11.1 Å². The van der Waals surface area contributed by atoms with Crippen LogP contribution in [0.25, 0.3) is 0 Å². The maximum absolute atomic E-state index is 12.9. The number of benzene rings is 1. The van der Waals surface area contributed by atoms with E-state index in [-0.39, 0.29) is 15.5 Å². The van der Waals surface area contributed by atoms with Crippen LogP contribution in [0.5, 0.6) is 0 Å². The van der Waals surface area contributed by atoms with Gasteiger partial charge >= 0.3 is 6.18 Å². The molecule has 1 N–H and O–H groups in total. The van der Waals surface area contributed by atoms with E-state index in [1.807, 2.05) is 20.8 Å². The van der Waals surface area contributed by atoms with Crippen LogP contribution in [0.3, 0.4) is 0 Å². The van der Waals surface area contributed by atoms with E-state index in [0.717, 1.165) is 12.5 Å². The molecule has 0 radical (unpaired) electrons. The van der Waals surface area contributed by atoms with Gasteiger partial charge in [-0.2, -0.15) is 13.2 Å². The summed E-state index contributed by atoms with van der Waals surface area (Å²) in [5.41, 5.74) is -1.44. The third kappa shape index (κ3) is 4.51. The summed E-state index contributed by atoms with van der Waals surface area (Å²) in [6.07, 6.45) is -3.74. The Morgan fingerprint density at radius 1 is 1.30 bits per heavy atom. The van der Waals surface area contributed by atoms with Gasteiger partial charge < -0.3 is 5.32 Å². The zero-order valence-corrected chi connectivity index (χ0v) is 13.2. The van der Waals surface area contributed by atoms with E-state index in [1.165, 1.54) is 12.1 Å². The Bertz CT molecular complexity index is 498. The third-order valence-electron chi connectivity index (χ3n) is 3.22. The largest absolute Gasteiger partial charge is 0.417 e. The molecule has 0 bridgehead atoms. The van der Waals surface area contributed by atoms with E-state index in [1.54, 1.807) is 0 Å². The number of alkyl halides is 3. The van der Waals surface area contributed by atoms with Gasteiger partial charge in [0.2, 0.25) is 0 Å². The molecule has 0 aliphatic rings. The maximum Gasteiger partial charge on any atom is 0.417 e. The zero-order chi connectivity index (χ0) is 15.6. The molecule has 0 unspecified atom stereocenters. The second-order valence-electron chi connectivity index (χ2n) is 5.39. The minimum absolute atomic E-state index is 0.149. The SMILES string of the molecule is CCC(C)(C)CNC(=O)c1ccc(Br)cc1C(F)(F)F. The molecule has 112 valence electrons. The van der Waals surface area contributed by atoms with Gasteiger partial charge in [0, 0.05) is 11.0 Å². The molecule has 0 saturated carbocycles. The molecule has 0 aromatic heterocycles. The van der Waals surface area contributed by atoms with Crippen molar-refractivity contribution < 1.29 is 18.0 Å². The molecule has 2 nitrogen and oxygen atoms in total. The summed E-state index contributed by atoms with van der Waals surface area (Å²) in [6.45, 7) is 6.18. The fourth-order valence-corrected chi connectivity index (χ4v) is 1.85. The highest BCUT2D eigenvalue weighted by atomic mass is 79.9. The monoisotopic (exact) mass is 351 g/mol. The summed E-state index contributed by atoms with van der Waals surface area (Å²) in [6, 6.07) is 3.52. The number of amides is 1. The molecular formula is C14H17BrF3NO. The summed E-state index contributed by atoms with van der Waals surface area (Å²) in [5, 5.41) is 2.57. The van der Waals surface area contributed by atoms with Crippen LogP contribution < -0.4 is 5.32 Å². The summed E-state index contributed by atoms with van der Waals surface area (Å²) in [4.78, 5) is 12.0. The number of nitrogens with one attached hydrogen (secondary N) is 1. The lowest BCUT2D eigenvalue weighted by atomic mass is 9.90. The maximum atomic E-state index is 12.9. The number of hydrogen-bond acceptors (Lipinski definition) is 1. The molecular weight excluding hydrogens is 335 g/mol. The molecule has 0 spiro atoms. The molecule has 20 heavy (non-hydrogen) atoms.